The van der Waals surface area contributed by atoms with Crippen molar-refractivity contribution in [3.8, 4) is 0 Å². The fourth-order valence-corrected chi connectivity index (χ4v) is 2.65. The van der Waals surface area contributed by atoms with Crippen LogP contribution in [-0.4, -0.2) is 6.18 Å². The van der Waals surface area contributed by atoms with E-state index in [9.17, 15) is 13.2 Å². The van der Waals surface area contributed by atoms with E-state index in [1.807, 2.05) is 0 Å². The van der Waals surface area contributed by atoms with E-state index in [0.29, 0.717) is 15.2 Å². The predicted octanol–water partition coefficient (Wildman–Crippen LogP) is 6.13. The molecule has 0 aliphatic heterocycles. The Morgan fingerprint density at radius 2 is 1.76 bits per heavy atom. The van der Waals surface area contributed by atoms with Gasteiger partial charge in [0.2, 0.25) is 0 Å². The van der Waals surface area contributed by atoms with Gasteiger partial charge in [-0.1, -0.05) is 41.9 Å². The molecule has 0 radical (unpaired) electrons. The molecule has 6 heteroatoms. The van der Waals surface area contributed by atoms with Gasteiger partial charge in [-0.3, -0.25) is 0 Å². The highest BCUT2D eigenvalue weighted by atomic mass is 79.9. The van der Waals surface area contributed by atoms with Gasteiger partial charge < -0.3 is 5.32 Å². The molecule has 0 amide bonds. The third-order valence-electron chi connectivity index (χ3n) is 3.01. The first-order valence-corrected chi connectivity index (χ1v) is 7.30. The van der Waals surface area contributed by atoms with Crippen molar-refractivity contribution in [2.45, 2.75) is 19.1 Å². The molecule has 2 aromatic rings. The highest BCUT2D eigenvalue weighted by molar-refractivity contribution is 9.10. The van der Waals surface area contributed by atoms with Crippen LogP contribution in [0.15, 0.2) is 46.9 Å². The number of anilines is 1. The summed E-state index contributed by atoms with van der Waals surface area (Å²) in [6.45, 7) is 1.79. The summed E-state index contributed by atoms with van der Waals surface area (Å²) in [4.78, 5) is 0. The minimum atomic E-state index is -4.42. The Kier molecular flexibility index (Phi) is 4.84. The van der Waals surface area contributed by atoms with Crippen LogP contribution in [-0.2, 0) is 0 Å². The first-order chi connectivity index (χ1) is 9.79. The van der Waals surface area contributed by atoms with Crippen molar-refractivity contribution in [2.24, 2.45) is 0 Å². The van der Waals surface area contributed by atoms with Crippen LogP contribution in [0.2, 0.25) is 5.02 Å². The third-order valence-corrected chi connectivity index (χ3v) is 4.07. The summed E-state index contributed by atoms with van der Waals surface area (Å²) in [5, 5.41) is 2.93. The normalized spacial score (nSPS) is 13.0. The van der Waals surface area contributed by atoms with E-state index in [1.54, 1.807) is 31.2 Å². The monoisotopic (exact) mass is 377 g/mol. The van der Waals surface area contributed by atoms with Crippen LogP contribution in [0.4, 0.5) is 18.9 Å². The number of hydrogen-bond acceptors (Lipinski definition) is 1. The lowest BCUT2D eigenvalue weighted by Crippen LogP contribution is -2.28. The first kappa shape index (κ1) is 16.2. The zero-order valence-corrected chi connectivity index (χ0v) is 13.4. The second-order valence-electron chi connectivity index (χ2n) is 4.61. The molecule has 0 aliphatic carbocycles. The number of halogens is 5. The number of nitrogens with one attached hydrogen (secondary N) is 1. The zero-order chi connectivity index (χ0) is 15.6. The van der Waals surface area contributed by atoms with Gasteiger partial charge in [0.25, 0.3) is 0 Å². The Balaban J connectivity index is 2.39. The Morgan fingerprint density at radius 1 is 1.14 bits per heavy atom. The number of aryl methyl sites for hydroxylation is 1. The first-order valence-electron chi connectivity index (χ1n) is 6.13. The number of benzene rings is 2. The van der Waals surface area contributed by atoms with E-state index in [4.69, 9.17) is 11.6 Å². The van der Waals surface area contributed by atoms with Crippen molar-refractivity contribution in [3.63, 3.8) is 0 Å². The molecule has 0 fully saturated rings. The van der Waals surface area contributed by atoms with Gasteiger partial charge in [0.1, 0.15) is 6.04 Å². The minimum absolute atomic E-state index is 0.147. The molecule has 1 unspecified atom stereocenters. The smallest absolute Gasteiger partial charge is 0.369 e. The maximum atomic E-state index is 13.3. The van der Waals surface area contributed by atoms with Gasteiger partial charge in [0, 0.05) is 9.50 Å². The van der Waals surface area contributed by atoms with E-state index in [-0.39, 0.29) is 5.56 Å². The molecule has 0 saturated carbocycles. The third kappa shape index (κ3) is 3.92. The molecule has 0 spiro atoms. The molecule has 0 aliphatic rings. The molecule has 1 nitrogen and oxygen atoms in total. The topological polar surface area (TPSA) is 12.0 Å². The molecule has 0 saturated heterocycles. The second kappa shape index (κ2) is 6.28. The van der Waals surface area contributed by atoms with E-state index in [2.05, 4.69) is 21.2 Å². The summed E-state index contributed by atoms with van der Waals surface area (Å²) in [6, 6.07) is 9.08. The Morgan fingerprint density at radius 3 is 2.33 bits per heavy atom. The summed E-state index contributed by atoms with van der Waals surface area (Å²) in [5.41, 5.74) is 1.24. The SMILES string of the molecule is Cc1cc(Br)c(NC(c2ccccc2)C(F)(F)F)cc1Cl. The molecule has 2 rings (SSSR count). The maximum Gasteiger partial charge on any atom is 0.412 e. The highest BCUT2D eigenvalue weighted by Gasteiger charge is 2.41. The number of alkyl halides is 3. The molecule has 0 heterocycles. The average molecular weight is 379 g/mol. The van der Waals surface area contributed by atoms with Crippen molar-refractivity contribution in [1.82, 2.24) is 0 Å². The lowest BCUT2D eigenvalue weighted by atomic mass is 10.1. The van der Waals surface area contributed by atoms with Crippen molar-refractivity contribution < 1.29 is 13.2 Å². The molecule has 2 aromatic carbocycles. The lowest BCUT2D eigenvalue weighted by molar-refractivity contribution is -0.144. The van der Waals surface area contributed by atoms with E-state index >= 15 is 0 Å². The standard InChI is InChI=1S/C15H12BrClF3N/c1-9-7-11(16)13(8-12(9)17)21-14(15(18,19)20)10-5-3-2-4-6-10/h2-8,14,21H,1H3. The van der Waals surface area contributed by atoms with E-state index in [0.717, 1.165) is 5.56 Å². The van der Waals surface area contributed by atoms with Crippen molar-refractivity contribution in [1.29, 1.82) is 0 Å². The largest absolute Gasteiger partial charge is 0.412 e. The molecule has 21 heavy (non-hydrogen) atoms. The fraction of sp³-hybridized carbons (Fsp3) is 0.200. The molecule has 112 valence electrons. The molecule has 0 aromatic heterocycles. The molecular weight excluding hydrogens is 367 g/mol. The maximum absolute atomic E-state index is 13.3. The van der Waals surface area contributed by atoms with Gasteiger partial charge in [0.05, 0.1) is 5.69 Å². The van der Waals surface area contributed by atoms with E-state index < -0.39 is 12.2 Å². The number of rotatable bonds is 3. The van der Waals surface area contributed by atoms with Gasteiger partial charge >= 0.3 is 6.18 Å². The van der Waals surface area contributed by atoms with Crippen molar-refractivity contribution in [2.75, 3.05) is 5.32 Å². The predicted molar refractivity (Wildman–Crippen MR) is 82.7 cm³/mol. The quantitative estimate of drug-likeness (QED) is 0.678. The highest BCUT2D eigenvalue weighted by Crippen LogP contribution is 2.38. The molecule has 1 N–H and O–H groups in total. The van der Waals surface area contributed by atoms with Crippen LogP contribution in [0.5, 0.6) is 0 Å². The van der Waals surface area contributed by atoms with Crippen LogP contribution < -0.4 is 5.32 Å². The van der Waals surface area contributed by atoms with Crippen LogP contribution >= 0.6 is 27.5 Å². The van der Waals surface area contributed by atoms with Crippen molar-refractivity contribution >= 4 is 33.2 Å². The summed E-state index contributed by atoms with van der Waals surface area (Å²) in [6.07, 6.45) is -4.42. The minimum Gasteiger partial charge on any atom is -0.369 e. The Bertz CT molecular complexity index is 629. The van der Waals surface area contributed by atoms with E-state index in [1.165, 1.54) is 18.2 Å². The summed E-state index contributed by atoms with van der Waals surface area (Å²) in [5.74, 6) is 0. The molecule has 1 atom stereocenters. The van der Waals surface area contributed by atoms with Gasteiger partial charge in [0.15, 0.2) is 0 Å². The Hall–Kier alpha value is -1.20. The Labute approximate surface area is 134 Å². The second-order valence-corrected chi connectivity index (χ2v) is 5.87. The number of hydrogen-bond donors (Lipinski definition) is 1. The fourth-order valence-electron chi connectivity index (χ4n) is 1.91. The van der Waals surface area contributed by atoms with Crippen LogP contribution in [0.3, 0.4) is 0 Å². The molecule has 0 bridgehead atoms. The average Bonchev–Trinajstić information content (AvgIpc) is 2.41. The molecular formula is C15H12BrClF3N. The van der Waals surface area contributed by atoms with Gasteiger partial charge in [-0.15, -0.1) is 0 Å². The summed E-state index contributed by atoms with van der Waals surface area (Å²) >= 11 is 9.25. The van der Waals surface area contributed by atoms with Gasteiger partial charge in [-0.2, -0.15) is 13.2 Å². The van der Waals surface area contributed by atoms with Gasteiger partial charge in [-0.05, 0) is 46.1 Å². The van der Waals surface area contributed by atoms with Crippen LogP contribution in [0, 0.1) is 6.92 Å². The summed E-state index contributed by atoms with van der Waals surface area (Å²) < 4.78 is 40.4. The van der Waals surface area contributed by atoms with Crippen LogP contribution in [0.1, 0.15) is 17.2 Å². The van der Waals surface area contributed by atoms with Gasteiger partial charge in [-0.25, -0.2) is 0 Å². The van der Waals surface area contributed by atoms with Crippen LogP contribution in [0.25, 0.3) is 0 Å². The zero-order valence-electron chi connectivity index (χ0n) is 11.0. The van der Waals surface area contributed by atoms with Crippen molar-refractivity contribution in [3.05, 3.63) is 63.1 Å². The summed E-state index contributed by atoms with van der Waals surface area (Å²) in [7, 11) is 0. The lowest BCUT2D eigenvalue weighted by Gasteiger charge is -2.24.